The Hall–Kier alpha value is -3.31. The number of nitrogens with zero attached hydrogens (tertiary/aromatic N) is 2. The van der Waals surface area contributed by atoms with Gasteiger partial charge in [-0.2, -0.15) is 10.5 Å². The quantitative estimate of drug-likeness (QED) is 0.228. The Bertz CT molecular complexity index is 954. The number of carbonyl (C=O) groups excluding carboxylic acids is 1. The lowest BCUT2D eigenvalue weighted by atomic mass is 10.0. The highest BCUT2D eigenvalue weighted by atomic mass is 16.5. The van der Waals surface area contributed by atoms with Crippen LogP contribution in [0.1, 0.15) is 85.8 Å². The molecule has 0 atom stereocenters. The highest BCUT2D eigenvalue weighted by Gasteiger charge is 2.15. The number of hydrogen-bond donors (Lipinski definition) is 0. The van der Waals surface area contributed by atoms with Crippen molar-refractivity contribution in [1.82, 2.24) is 0 Å². The van der Waals surface area contributed by atoms with E-state index in [2.05, 4.69) is 26.0 Å². The predicted octanol–water partition coefficient (Wildman–Crippen LogP) is 6.34. The van der Waals surface area contributed by atoms with Gasteiger partial charge in [-0.3, -0.25) is 0 Å². The number of aryl methyl sites for hydroxylation is 1. The van der Waals surface area contributed by atoms with Crippen LogP contribution < -0.4 is 9.47 Å². The van der Waals surface area contributed by atoms with Gasteiger partial charge in [0.1, 0.15) is 23.6 Å². The minimum Gasteiger partial charge on any atom is -0.492 e. The molecule has 0 radical (unpaired) electrons. The normalized spacial score (nSPS) is 10.2. The van der Waals surface area contributed by atoms with Gasteiger partial charge in [0.15, 0.2) is 0 Å². The first kappa shape index (κ1) is 24.0. The Kier molecular flexibility index (Phi) is 10.1. The van der Waals surface area contributed by atoms with E-state index in [4.69, 9.17) is 9.47 Å². The molecule has 31 heavy (non-hydrogen) atoms. The summed E-state index contributed by atoms with van der Waals surface area (Å²) in [4.78, 5) is 12.6. The highest BCUT2D eigenvalue weighted by Crippen LogP contribution is 2.24. The van der Waals surface area contributed by atoms with Crippen LogP contribution in [0.4, 0.5) is 0 Å². The lowest BCUT2D eigenvalue weighted by Crippen LogP contribution is -2.10. The molecule has 0 N–H and O–H groups in total. The van der Waals surface area contributed by atoms with Crippen molar-refractivity contribution in [1.29, 1.82) is 10.5 Å². The number of carbonyl (C=O) groups is 1. The van der Waals surface area contributed by atoms with E-state index in [9.17, 15) is 15.3 Å². The number of rotatable bonds is 12. The summed E-state index contributed by atoms with van der Waals surface area (Å²) < 4.78 is 11.2. The zero-order chi connectivity index (χ0) is 22.5. The van der Waals surface area contributed by atoms with Crippen LogP contribution in [0.2, 0.25) is 0 Å². The molecule has 0 saturated carbocycles. The second kappa shape index (κ2) is 13.1. The van der Waals surface area contributed by atoms with Crippen LogP contribution in [-0.4, -0.2) is 12.6 Å². The van der Waals surface area contributed by atoms with Gasteiger partial charge in [-0.05, 0) is 55.2 Å². The maximum atomic E-state index is 12.6. The Morgan fingerprint density at radius 3 is 2.23 bits per heavy atom. The molecular weight excluding hydrogens is 388 g/mol. The third kappa shape index (κ3) is 7.46. The second-order valence-corrected chi connectivity index (χ2v) is 7.52. The highest BCUT2D eigenvalue weighted by molar-refractivity contribution is 5.92. The molecule has 0 unspecified atom stereocenters. The lowest BCUT2D eigenvalue weighted by Gasteiger charge is -2.10. The number of ether oxygens (including phenoxy) is 2. The van der Waals surface area contributed by atoms with Gasteiger partial charge in [0, 0.05) is 0 Å². The summed E-state index contributed by atoms with van der Waals surface area (Å²) >= 11 is 0. The van der Waals surface area contributed by atoms with Crippen molar-refractivity contribution in [2.75, 3.05) is 6.61 Å². The van der Waals surface area contributed by atoms with E-state index in [1.807, 2.05) is 6.07 Å². The first-order valence-corrected chi connectivity index (χ1v) is 11.0. The van der Waals surface area contributed by atoms with Crippen molar-refractivity contribution in [3.8, 4) is 23.6 Å². The zero-order valence-electron chi connectivity index (χ0n) is 18.4. The molecule has 0 aliphatic carbocycles. The Morgan fingerprint density at radius 1 is 0.839 bits per heavy atom. The van der Waals surface area contributed by atoms with E-state index in [0.29, 0.717) is 17.9 Å². The molecule has 0 aliphatic rings. The van der Waals surface area contributed by atoms with Gasteiger partial charge in [-0.1, -0.05) is 52.0 Å². The fourth-order valence-electron chi connectivity index (χ4n) is 3.23. The molecule has 0 aromatic heterocycles. The Labute approximate surface area is 185 Å². The maximum Gasteiger partial charge on any atom is 0.343 e. The van der Waals surface area contributed by atoms with E-state index in [-0.39, 0.29) is 16.9 Å². The molecule has 5 heteroatoms. The molecule has 0 heterocycles. The summed E-state index contributed by atoms with van der Waals surface area (Å²) in [6, 6.07) is 14.2. The van der Waals surface area contributed by atoms with Gasteiger partial charge in [-0.25, -0.2) is 4.79 Å². The van der Waals surface area contributed by atoms with Crippen LogP contribution in [-0.2, 0) is 6.42 Å². The number of benzene rings is 2. The zero-order valence-corrected chi connectivity index (χ0v) is 18.4. The van der Waals surface area contributed by atoms with Crippen molar-refractivity contribution >= 4 is 5.97 Å². The number of esters is 1. The summed E-state index contributed by atoms with van der Waals surface area (Å²) in [5, 5.41) is 18.9. The van der Waals surface area contributed by atoms with Crippen molar-refractivity contribution in [3.63, 3.8) is 0 Å². The van der Waals surface area contributed by atoms with Crippen molar-refractivity contribution < 1.29 is 14.3 Å². The van der Waals surface area contributed by atoms with Gasteiger partial charge in [0.05, 0.1) is 23.3 Å². The lowest BCUT2D eigenvalue weighted by molar-refractivity contribution is 0.0734. The number of hydrogen-bond acceptors (Lipinski definition) is 5. The van der Waals surface area contributed by atoms with Crippen LogP contribution in [0.25, 0.3) is 0 Å². The van der Waals surface area contributed by atoms with Crippen molar-refractivity contribution in [2.24, 2.45) is 0 Å². The number of nitriles is 2. The summed E-state index contributed by atoms with van der Waals surface area (Å²) in [5.41, 5.74) is 1.91. The average molecular weight is 419 g/mol. The minimum absolute atomic E-state index is 0.224. The van der Waals surface area contributed by atoms with Crippen molar-refractivity contribution in [3.05, 3.63) is 58.7 Å². The summed E-state index contributed by atoms with van der Waals surface area (Å²) in [5.74, 6) is 0.0763. The fraction of sp³-hybridized carbons (Fsp3) is 0.423. The second-order valence-electron chi connectivity index (χ2n) is 7.52. The van der Waals surface area contributed by atoms with Crippen LogP contribution in [0.3, 0.4) is 0 Å². The molecule has 2 rings (SSSR count). The summed E-state index contributed by atoms with van der Waals surface area (Å²) in [7, 11) is 0. The van der Waals surface area contributed by atoms with E-state index >= 15 is 0 Å². The third-order valence-electron chi connectivity index (χ3n) is 5.03. The maximum absolute atomic E-state index is 12.6. The van der Waals surface area contributed by atoms with E-state index in [1.165, 1.54) is 6.07 Å². The van der Waals surface area contributed by atoms with Gasteiger partial charge in [0.25, 0.3) is 0 Å². The van der Waals surface area contributed by atoms with Gasteiger partial charge < -0.3 is 9.47 Å². The van der Waals surface area contributed by atoms with E-state index in [1.54, 1.807) is 24.3 Å². The van der Waals surface area contributed by atoms with E-state index in [0.717, 1.165) is 56.9 Å². The molecular formula is C26H30N2O3. The Morgan fingerprint density at radius 2 is 1.52 bits per heavy atom. The molecule has 2 aromatic rings. The van der Waals surface area contributed by atoms with E-state index < -0.39 is 5.97 Å². The van der Waals surface area contributed by atoms with Crippen LogP contribution >= 0.6 is 0 Å². The molecule has 0 amide bonds. The predicted molar refractivity (Wildman–Crippen MR) is 120 cm³/mol. The van der Waals surface area contributed by atoms with Crippen LogP contribution in [0.15, 0.2) is 36.4 Å². The molecule has 0 bridgehead atoms. The molecule has 0 fully saturated rings. The molecule has 162 valence electrons. The molecule has 0 spiro atoms. The van der Waals surface area contributed by atoms with Crippen LogP contribution in [0, 0.1) is 22.7 Å². The SMILES string of the molecule is CCCCCCOc1ccc(C(=O)Oc2ccc(CCCCC)cc2C#N)cc1C#N. The first-order chi connectivity index (χ1) is 15.1. The first-order valence-electron chi connectivity index (χ1n) is 11.0. The number of unbranched alkanes of at least 4 members (excludes halogenated alkanes) is 5. The largest absolute Gasteiger partial charge is 0.492 e. The monoisotopic (exact) mass is 418 g/mol. The summed E-state index contributed by atoms with van der Waals surface area (Å²) in [6.07, 6.45) is 8.54. The third-order valence-corrected chi connectivity index (χ3v) is 5.03. The topological polar surface area (TPSA) is 83.1 Å². The average Bonchev–Trinajstić information content (AvgIpc) is 2.79. The van der Waals surface area contributed by atoms with Gasteiger partial charge in [0.2, 0.25) is 0 Å². The van der Waals surface area contributed by atoms with Crippen LogP contribution in [0.5, 0.6) is 11.5 Å². The molecule has 2 aromatic carbocycles. The smallest absolute Gasteiger partial charge is 0.343 e. The minimum atomic E-state index is -0.610. The molecule has 0 aliphatic heterocycles. The standard InChI is InChI=1S/C26H30N2O3/c1-3-5-7-9-15-30-24-14-12-21(17-23(24)19-28)26(29)31-25-13-11-20(10-8-6-4-2)16-22(25)18-27/h11-14,16-17H,3-10,15H2,1-2H3. The Balaban J connectivity index is 2.06. The summed E-state index contributed by atoms with van der Waals surface area (Å²) in [6.45, 7) is 4.83. The molecule has 5 nitrogen and oxygen atoms in total. The van der Waals surface area contributed by atoms with Gasteiger partial charge >= 0.3 is 5.97 Å². The van der Waals surface area contributed by atoms with Crippen molar-refractivity contribution in [2.45, 2.75) is 65.2 Å². The van der Waals surface area contributed by atoms with Gasteiger partial charge in [-0.15, -0.1) is 0 Å². The molecule has 0 saturated heterocycles. The fourth-order valence-corrected chi connectivity index (χ4v) is 3.23.